The Labute approximate surface area is 160 Å². The normalized spacial score (nSPS) is 18.3. The summed E-state index contributed by atoms with van der Waals surface area (Å²) in [5, 5.41) is 12.0. The number of nitrogens with zero attached hydrogens (tertiary/aromatic N) is 2. The number of anilines is 1. The van der Waals surface area contributed by atoms with Gasteiger partial charge in [-0.15, -0.1) is 11.3 Å². The summed E-state index contributed by atoms with van der Waals surface area (Å²) in [4.78, 5) is 21.4. The van der Waals surface area contributed by atoms with E-state index in [1.165, 1.54) is 18.4 Å². The minimum absolute atomic E-state index is 0.382. The first-order valence-electron chi connectivity index (χ1n) is 8.55. The predicted molar refractivity (Wildman–Crippen MR) is 104 cm³/mol. The molecule has 0 saturated heterocycles. The monoisotopic (exact) mass is 381 g/mol. The van der Waals surface area contributed by atoms with Crippen LogP contribution < -0.4 is 5.73 Å². The molecule has 2 heterocycles. The van der Waals surface area contributed by atoms with Crippen molar-refractivity contribution < 1.29 is 14.6 Å². The van der Waals surface area contributed by atoms with Crippen LogP contribution in [0.5, 0.6) is 0 Å². The average Bonchev–Trinajstić information content (AvgIpc) is 3.26. The number of fused-ring (bicyclic) bond motifs is 1. The summed E-state index contributed by atoms with van der Waals surface area (Å²) < 4.78 is 4.78. The number of thiazole rings is 1. The quantitative estimate of drug-likeness (QED) is 0.677. The highest BCUT2D eigenvalue weighted by Gasteiger charge is 2.41. The van der Waals surface area contributed by atoms with Gasteiger partial charge in [-0.25, -0.2) is 14.8 Å². The molecule has 7 heteroatoms. The molecule has 0 fully saturated rings. The molecule has 0 saturated carbocycles. The maximum atomic E-state index is 11.7. The predicted octanol–water partition coefficient (Wildman–Crippen LogP) is 3.06. The van der Waals surface area contributed by atoms with Gasteiger partial charge in [-0.05, 0) is 60.7 Å². The van der Waals surface area contributed by atoms with Crippen LogP contribution in [0.2, 0.25) is 0 Å². The second-order valence-electron chi connectivity index (χ2n) is 6.71. The molecule has 0 aliphatic heterocycles. The smallest absolute Gasteiger partial charge is 0.337 e. The minimum atomic E-state index is -1.16. The van der Waals surface area contributed by atoms with Crippen molar-refractivity contribution >= 4 is 23.1 Å². The van der Waals surface area contributed by atoms with Crippen LogP contribution >= 0.6 is 11.3 Å². The molecule has 1 unspecified atom stereocenters. The fourth-order valence-electron chi connectivity index (χ4n) is 3.53. The zero-order valence-corrected chi connectivity index (χ0v) is 15.8. The van der Waals surface area contributed by atoms with E-state index in [1.807, 2.05) is 19.1 Å². The number of benzene rings is 1. The summed E-state index contributed by atoms with van der Waals surface area (Å²) in [6.45, 7) is 1.96. The summed E-state index contributed by atoms with van der Waals surface area (Å²) in [6.07, 6.45) is 2.91. The third-order valence-corrected chi connectivity index (χ3v) is 6.00. The molecule has 0 spiro atoms. The van der Waals surface area contributed by atoms with E-state index in [1.54, 1.807) is 24.4 Å². The number of aryl methyl sites for hydroxylation is 2. The number of methoxy groups -OCH3 is 1. The first-order valence-corrected chi connectivity index (χ1v) is 9.37. The maximum Gasteiger partial charge on any atom is 0.337 e. The Morgan fingerprint density at radius 3 is 2.89 bits per heavy atom. The Bertz CT molecular complexity index is 1030. The average molecular weight is 381 g/mol. The number of esters is 1. The lowest BCUT2D eigenvalue weighted by Gasteiger charge is -2.21. The van der Waals surface area contributed by atoms with E-state index in [-0.39, 0.29) is 5.97 Å². The Hall–Kier alpha value is -2.77. The van der Waals surface area contributed by atoms with Gasteiger partial charge in [0.1, 0.15) is 16.4 Å². The molecule has 3 N–H and O–H groups in total. The molecule has 2 aromatic heterocycles. The van der Waals surface area contributed by atoms with Crippen LogP contribution in [0.3, 0.4) is 0 Å². The summed E-state index contributed by atoms with van der Waals surface area (Å²) >= 11 is 1.41. The zero-order chi connectivity index (χ0) is 19.2. The van der Waals surface area contributed by atoms with Gasteiger partial charge in [-0.3, -0.25) is 0 Å². The number of nitrogens with two attached hydrogens (primary N) is 1. The molecule has 1 aliphatic rings. The molecule has 4 rings (SSSR count). The van der Waals surface area contributed by atoms with Gasteiger partial charge in [0.25, 0.3) is 0 Å². The summed E-state index contributed by atoms with van der Waals surface area (Å²) in [5.41, 5.74) is 8.67. The summed E-state index contributed by atoms with van der Waals surface area (Å²) in [7, 11) is 1.36. The van der Waals surface area contributed by atoms with E-state index in [4.69, 9.17) is 10.5 Å². The van der Waals surface area contributed by atoms with Gasteiger partial charge in [-0.2, -0.15) is 0 Å². The molecule has 0 amide bonds. The minimum Gasteiger partial charge on any atom is -0.465 e. The van der Waals surface area contributed by atoms with Crippen molar-refractivity contribution in [2.75, 3.05) is 12.8 Å². The standard InChI is InChI=1S/C20H19N3O3S/c1-11-7-15(23-17(21)8-11)16-10-22-19(27-16)20(25)6-5-12-9-13(18(24)26-2)3-4-14(12)20/h3-4,7-10,25H,5-6H2,1-2H3,(H2,21,23). The highest BCUT2D eigenvalue weighted by atomic mass is 32.1. The Balaban J connectivity index is 1.71. The van der Waals surface area contributed by atoms with Crippen molar-refractivity contribution in [3.63, 3.8) is 0 Å². The van der Waals surface area contributed by atoms with E-state index in [9.17, 15) is 9.90 Å². The number of carbonyl (C=O) groups excluding carboxylic acids is 1. The highest BCUT2D eigenvalue weighted by molar-refractivity contribution is 7.15. The van der Waals surface area contributed by atoms with Gasteiger partial charge >= 0.3 is 5.97 Å². The number of carbonyl (C=O) groups is 1. The van der Waals surface area contributed by atoms with Crippen LogP contribution in [-0.2, 0) is 16.8 Å². The van der Waals surface area contributed by atoms with Crippen molar-refractivity contribution in [1.82, 2.24) is 9.97 Å². The van der Waals surface area contributed by atoms with Gasteiger partial charge in [-0.1, -0.05) is 6.07 Å². The first-order chi connectivity index (χ1) is 12.9. The van der Waals surface area contributed by atoms with Gasteiger partial charge in [0.2, 0.25) is 0 Å². The van der Waals surface area contributed by atoms with E-state index in [0.29, 0.717) is 29.2 Å². The van der Waals surface area contributed by atoms with Crippen LogP contribution in [-0.4, -0.2) is 28.2 Å². The van der Waals surface area contributed by atoms with E-state index in [0.717, 1.165) is 27.3 Å². The van der Waals surface area contributed by atoms with Gasteiger partial charge in [0, 0.05) is 6.20 Å². The molecule has 3 aromatic rings. The number of nitrogen functional groups attached to an aromatic ring is 1. The third-order valence-electron chi connectivity index (χ3n) is 4.83. The lowest BCUT2D eigenvalue weighted by molar-refractivity contribution is 0.0600. The van der Waals surface area contributed by atoms with Crippen molar-refractivity contribution in [2.45, 2.75) is 25.4 Å². The number of rotatable bonds is 3. The Morgan fingerprint density at radius 1 is 1.33 bits per heavy atom. The third kappa shape index (κ3) is 2.98. The lowest BCUT2D eigenvalue weighted by Crippen LogP contribution is -2.23. The highest BCUT2D eigenvalue weighted by Crippen LogP contribution is 2.44. The molecule has 0 bridgehead atoms. The van der Waals surface area contributed by atoms with Gasteiger partial charge < -0.3 is 15.6 Å². The van der Waals surface area contributed by atoms with Gasteiger partial charge in [0.15, 0.2) is 0 Å². The number of hydrogen-bond acceptors (Lipinski definition) is 7. The second kappa shape index (κ2) is 6.44. The van der Waals surface area contributed by atoms with Crippen molar-refractivity contribution in [3.8, 4) is 10.6 Å². The molecular weight excluding hydrogens is 362 g/mol. The lowest BCUT2D eigenvalue weighted by atomic mass is 9.96. The van der Waals surface area contributed by atoms with Crippen molar-refractivity contribution in [2.24, 2.45) is 0 Å². The number of ether oxygens (including phenoxy) is 1. The van der Waals surface area contributed by atoms with Crippen LogP contribution in [0, 0.1) is 6.92 Å². The molecule has 27 heavy (non-hydrogen) atoms. The van der Waals surface area contributed by atoms with Gasteiger partial charge in [0.05, 0.1) is 23.2 Å². The molecule has 6 nitrogen and oxygen atoms in total. The maximum absolute atomic E-state index is 11.7. The second-order valence-corrected chi connectivity index (χ2v) is 7.74. The van der Waals surface area contributed by atoms with Crippen molar-refractivity contribution in [1.29, 1.82) is 0 Å². The van der Waals surface area contributed by atoms with Crippen LogP contribution in [0.15, 0.2) is 36.5 Å². The Kier molecular flexibility index (Phi) is 4.20. The van der Waals surface area contributed by atoms with Crippen molar-refractivity contribution in [3.05, 3.63) is 63.8 Å². The summed E-state index contributed by atoms with van der Waals surface area (Å²) in [5.74, 6) is 0.0769. The molecule has 1 atom stereocenters. The SMILES string of the molecule is COC(=O)c1ccc2c(c1)CCC2(O)c1ncc(-c2cc(C)cc(N)n2)s1. The largest absolute Gasteiger partial charge is 0.465 e. The number of aliphatic hydroxyl groups is 1. The van der Waals surface area contributed by atoms with Crippen LogP contribution in [0.25, 0.3) is 10.6 Å². The topological polar surface area (TPSA) is 98.3 Å². The zero-order valence-electron chi connectivity index (χ0n) is 15.0. The van der Waals surface area contributed by atoms with E-state index in [2.05, 4.69) is 9.97 Å². The fourth-order valence-corrected chi connectivity index (χ4v) is 4.53. The molecule has 1 aliphatic carbocycles. The fraction of sp³-hybridized carbons (Fsp3) is 0.250. The molecule has 0 radical (unpaired) electrons. The Morgan fingerprint density at radius 2 is 2.15 bits per heavy atom. The summed E-state index contributed by atoms with van der Waals surface area (Å²) in [6, 6.07) is 9.02. The molecule has 1 aromatic carbocycles. The first kappa shape index (κ1) is 17.6. The number of aromatic nitrogens is 2. The van der Waals surface area contributed by atoms with Crippen LogP contribution in [0.4, 0.5) is 5.82 Å². The van der Waals surface area contributed by atoms with Crippen LogP contribution in [0.1, 0.15) is 38.5 Å². The number of pyridine rings is 1. The van der Waals surface area contributed by atoms with E-state index < -0.39 is 5.60 Å². The molecular formula is C20H19N3O3S. The van der Waals surface area contributed by atoms with E-state index >= 15 is 0 Å². The number of hydrogen-bond donors (Lipinski definition) is 2. The molecule has 138 valence electrons.